The summed E-state index contributed by atoms with van der Waals surface area (Å²) in [6.45, 7) is 7.21. The summed E-state index contributed by atoms with van der Waals surface area (Å²) in [6.07, 6.45) is 1.13. The van der Waals surface area contributed by atoms with Crippen molar-refractivity contribution in [3.05, 3.63) is 64.4 Å². The van der Waals surface area contributed by atoms with Gasteiger partial charge in [-0.1, -0.05) is 23.7 Å². The van der Waals surface area contributed by atoms with Gasteiger partial charge in [0, 0.05) is 48.6 Å². The normalized spacial score (nSPS) is 20.9. The van der Waals surface area contributed by atoms with Crippen LogP contribution in [0.5, 0.6) is 5.75 Å². The number of rotatable bonds is 8. The van der Waals surface area contributed by atoms with E-state index in [-0.39, 0.29) is 36.2 Å². The van der Waals surface area contributed by atoms with Crippen LogP contribution in [-0.2, 0) is 26.0 Å². The summed E-state index contributed by atoms with van der Waals surface area (Å²) in [6, 6.07) is 11.2. The largest absolute Gasteiger partial charge is 0.483 e. The first-order valence-electron chi connectivity index (χ1n) is 11.4. The van der Waals surface area contributed by atoms with E-state index in [0.29, 0.717) is 30.2 Å². The van der Waals surface area contributed by atoms with Crippen molar-refractivity contribution < 1.29 is 22.3 Å². The second kappa shape index (κ2) is 10.8. The van der Waals surface area contributed by atoms with Crippen molar-refractivity contribution in [3.8, 4) is 5.75 Å². The summed E-state index contributed by atoms with van der Waals surface area (Å²) in [7, 11) is -2.04. The van der Waals surface area contributed by atoms with Crippen LogP contribution in [0.15, 0.2) is 42.5 Å². The van der Waals surface area contributed by atoms with E-state index in [1.54, 1.807) is 36.2 Å². The van der Waals surface area contributed by atoms with Gasteiger partial charge in [-0.3, -0.25) is 15.0 Å². The van der Waals surface area contributed by atoms with Gasteiger partial charge in [0.2, 0.25) is 0 Å². The van der Waals surface area contributed by atoms with Crippen LogP contribution in [0.4, 0.5) is 4.39 Å². The van der Waals surface area contributed by atoms with E-state index in [1.807, 2.05) is 6.92 Å². The van der Waals surface area contributed by atoms with Crippen LogP contribution < -0.4 is 10.1 Å². The van der Waals surface area contributed by atoms with Crippen molar-refractivity contribution in [3.63, 3.8) is 0 Å². The Balaban J connectivity index is 1.70. The van der Waals surface area contributed by atoms with Gasteiger partial charge in [-0.2, -0.15) is 0 Å². The van der Waals surface area contributed by atoms with E-state index in [0.717, 1.165) is 11.8 Å². The average molecular weight is 526 g/mol. The number of nitrogens with one attached hydrogen (secondary N) is 1. The van der Waals surface area contributed by atoms with E-state index in [1.165, 1.54) is 25.1 Å². The molecule has 0 spiro atoms. The molecule has 1 saturated heterocycles. The third kappa shape index (κ3) is 6.14. The molecule has 3 rings (SSSR count). The molecular formula is C25H33ClFN3O4S. The minimum Gasteiger partial charge on any atom is -0.483 e. The standard InChI is InChI=1S/C25H33ClFN3O4S/c1-17-14-30(18(2)13-29(17)15-19-6-9-21(27)10-7-19)24(31)16-34-23-11-8-20(26)12-22(23)25(3,28-4)35(5,32)33/h6-12,17-18,28H,13-16H2,1-5H3/t17-,18+,25?/m1/s1. The first-order valence-corrected chi connectivity index (χ1v) is 13.7. The molecule has 1 aliphatic rings. The molecule has 0 radical (unpaired) electrons. The molecule has 0 aliphatic carbocycles. The molecule has 192 valence electrons. The lowest BCUT2D eigenvalue weighted by atomic mass is 10.1. The minimum atomic E-state index is -3.59. The molecule has 0 bridgehead atoms. The van der Waals surface area contributed by atoms with Gasteiger partial charge in [-0.15, -0.1) is 0 Å². The summed E-state index contributed by atoms with van der Waals surface area (Å²) < 4.78 is 44.1. The fourth-order valence-corrected chi connectivity index (χ4v) is 5.44. The van der Waals surface area contributed by atoms with Crippen molar-refractivity contribution >= 4 is 27.3 Å². The Kier molecular flexibility index (Phi) is 8.47. The summed E-state index contributed by atoms with van der Waals surface area (Å²) >= 11 is 6.15. The molecule has 1 unspecified atom stereocenters. The number of ether oxygens (including phenoxy) is 1. The first kappa shape index (κ1) is 27.4. The number of carbonyl (C=O) groups is 1. The van der Waals surface area contributed by atoms with E-state index in [4.69, 9.17) is 16.3 Å². The summed E-state index contributed by atoms with van der Waals surface area (Å²) in [4.78, 5) is 15.7. The number of piperazine rings is 1. The molecule has 1 aliphatic heterocycles. The highest BCUT2D eigenvalue weighted by Crippen LogP contribution is 2.36. The predicted octanol–water partition coefficient (Wildman–Crippen LogP) is 3.42. The Hall–Kier alpha value is -2.20. The fraction of sp³-hybridized carbons (Fsp3) is 0.480. The zero-order valence-corrected chi connectivity index (χ0v) is 22.3. The van der Waals surface area contributed by atoms with Gasteiger partial charge in [0.25, 0.3) is 5.91 Å². The van der Waals surface area contributed by atoms with Gasteiger partial charge in [-0.25, -0.2) is 12.8 Å². The maximum absolute atomic E-state index is 13.2. The maximum atomic E-state index is 13.2. The highest BCUT2D eigenvalue weighted by Gasteiger charge is 2.39. The monoisotopic (exact) mass is 525 g/mol. The summed E-state index contributed by atoms with van der Waals surface area (Å²) in [5.74, 6) is -0.168. The van der Waals surface area contributed by atoms with Gasteiger partial charge in [0.1, 0.15) is 16.4 Å². The van der Waals surface area contributed by atoms with Crippen LogP contribution >= 0.6 is 11.6 Å². The number of benzene rings is 2. The Morgan fingerprint density at radius 2 is 1.83 bits per heavy atom. The zero-order chi connectivity index (χ0) is 26.0. The van der Waals surface area contributed by atoms with Crippen molar-refractivity contribution in [2.45, 2.75) is 44.3 Å². The fourth-order valence-electron chi connectivity index (χ4n) is 4.33. The Bertz CT molecular complexity index is 1160. The topological polar surface area (TPSA) is 79.0 Å². The lowest BCUT2D eigenvalue weighted by Gasteiger charge is -2.44. The number of hydrogen-bond donors (Lipinski definition) is 1. The number of hydrogen-bond acceptors (Lipinski definition) is 6. The molecule has 1 heterocycles. The minimum absolute atomic E-state index is 0.0500. The molecule has 2 aromatic carbocycles. The van der Waals surface area contributed by atoms with Gasteiger partial charge in [-0.05, 0) is 63.7 Å². The van der Waals surface area contributed by atoms with Gasteiger partial charge in [0.15, 0.2) is 16.4 Å². The predicted molar refractivity (Wildman–Crippen MR) is 136 cm³/mol. The molecule has 1 fully saturated rings. The molecule has 10 heteroatoms. The average Bonchev–Trinajstić information content (AvgIpc) is 2.80. The van der Waals surface area contributed by atoms with Crippen molar-refractivity contribution in [1.29, 1.82) is 0 Å². The van der Waals surface area contributed by atoms with Gasteiger partial charge < -0.3 is 9.64 Å². The van der Waals surface area contributed by atoms with Gasteiger partial charge >= 0.3 is 0 Å². The van der Waals surface area contributed by atoms with E-state index < -0.39 is 14.7 Å². The molecule has 3 atom stereocenters. The van der Waals surface area contributed by atoms with Crippen LogP contribution in [0.2, 0.25) is 5.02 Å². The number of sulfone groups is 1. The van der Waals surface area contributed by atoms with Crippen molar-refractivity contribution in [2.24, 2.45) is 0 Å². The number of nitrogens with zero attached hydrogens (tertiary/aromatic N) is 2. The Morgan fingerprint density at radius 1 is 1.17 bits per heavy atom. The Morgan fingerprint density at radius 3 is 2.43 bits per heavy atom. The van der Waals surface area contributed by atoms with Crippen LogP contribution in [0, 0.1) is 5.82 Å². The molecule has 1 amide bonds. The summed E-state index contributed by atoms with van der Waals surface area (Å²) in [5.41, 5.74) is 1.36. The molecule has 35 heavy (non-hydrogen) atoms. The molecular weight excluding hydrogens is 493 g/mol. The summed E-state index contributed by atoms with van der Waals surface area (Å²) in [5, 5.41) is 3.21. The van der Waals surface area contributed by atoms with Crippen LogP contribution in [0.25, 0.3) is 0 Å². The number of amides is 1. The number of carbonyl (C=O) groups excluding carboxylic acids is 1. The third-order valence-electron chi connectivity index (χ3n) is 6.76. The smallest absolute Gasteiger partial charge is 0.260 e. The maximum Gasteiger partial charge on any atom is 0.260 e. The molecule has 2 aromatic rings. The Labute approximate surface area is 212 Å². The number of halogens is 2. The first-order chi connectivity index (χ1) is 16.4. The molecule has 7 nitrogen and oxygen atoms in total. The lowest BCUT2D eigenvalue weighted by molar-refractivity contribution is -0.139. The van der Waals surface area contributed by atoms with Gasteiger partial charge in [0.05, 0.1) is 0 Å². The second-order valence-electron chi connectivity index (χ2n) is 9.28. The quantitative estimate of drug-likeness (QED) is 0.569. The van der Waals surface area contributed by atoms with E-state index in [2.05, 4.69) is 17.1 Å². The SMILES string of the molecule is CNC(C)(c1cc(Cl)ccc1OCC(=O)N1C[C@@H](C)N(Cc2ccc(F)cc2)C[C@@H]1C)S(C)(=O)=O. The van der Waals surface area contributed by atoms with Crippen LogP contribution in [0.3, 0.4) is 0 Å². The van der Waals surface area contributed by atoms with Crippen LogP contribution in [-0.4, -0.2) is 69.2 Å². The molecule has 0 aromatic heterocycles. The second-order valence-corrected chi connectivity index (χ2v) is 12.1. The third-order valence-corrected chi connectivity index (χ3v) is 8.90. The lowest BCUT2D eigenvalue weighted by Crippen LogP contribution is -2.58. The molecule has 0 saturated carbocycles. The van der Waals surface area contributed by atoms with E-state index >= 15 is 0 Å². The van der Waals surface area contributed by atoms with E-state index in [9.17, 15) is 17.6 Å². The van der Waals surface area contributed by atoms with Crippen molar-refractivity contribution in [2.75, 3.05) is 33.0 Å². The highest BCUT2D eigenvalue weighted by atomic mass is 35.5. The van der Waals surface area contributed by atoms with Crippen molar-refractivity contribution in [1.82, 2.24) is 15.1 Å². The van der Waals surface area contributed by atoms with Crippen LogP contribution in [0.1, 0.15) is 31.9 Å². The highest BCUT2D eigenvalue weighted by molar-refractivity contribution is 7.91. The zero-order valence-electron chi connectivity index (χ0n) is 20.7. The molecule has 1 N–H and O–H groups in total.